The number of hydrogen-bond donors (Lipinski definition) is 1. The van der Waals surface area contributed by atoms with Crippen molar-refractivity contribution >= 4 is 6.29 Å². The fourth-order valence-corrected chi connectivity index (χ4v) is 1.41. The van der Waals surface area contributed by atoms with Gasteiger partial charge in [0.2, 0.25) is 0 Å². The number of carbonyl (C=O) groups is 1. The largest absolute Gasteiger partial charge is 0.488 e. The summed E-state index contributed by atoms with van der Waals surface area (Å²) in [7, 11) is 0. The number of unbranched alkanes of at least 4 members (excludes halogenated alkanes) is 1. The van der Waals surface area contributed by atoms with Crippen LogP contribution >= 0.6 is 0 Å². The van der Waals surface area contributed by atoms with Crippen LogP contribution in [0, 0.1) is 5.82 Å². The second-order valence-electron chi connectivity index (χ2n) is 4.20. The van der Waals surface area contributed by atoms with E-state index in [1.54, 1.807) is 0 Å². The van der Waals surface area contributed by atoms with E-state index >= 15 is 0 Å². The zero-order valence-corrected chi connectivity index (χ0v) is 11.0. The van der Waals surface area contributed by atoms with Gasteiger partial charge in [-0.1, -0.05) is 13.3 Å². The lowest BCUT2D eigenvalue weighted by Gasteiger charge is -2.13. The predicted octanol–water partition coefficient (Wildman–Crippen LogP) is 2.19. The third-order valence-corrected chi connectivity index (χ3v) is 2.48. The fourth-order valence-electron chi connectivity index (χ4n) is 1.41. The van der Waals surface area contributed by atoms with Gasteiger partial charge in [0, 0.05) is 12.2 Å². The van der Waals surface area contributed by atoms with Crippen LogP contribution in [0.5, 0.6) is 5.75 Å². The molecular weight excluding hydrogens is 251 g/mol. The first-order chi connectivity index (χ1) is 9.17. The van der Waals surface area contributed by atoms with E-state index in [4.69, 9.17) is 9.47 Å². The number of benzene rings is 1. The first-order valence-electron chi connectivity index (χ1n) is 6.30. The van der Waals surface area contributed by atoms with Gasteiger partial charge in [-0.05, 0) is 24.6 Å². The Morgan fingerprint density at radius 1 is 1.42 bits per heavy atom. The van der Waals surface area contributed by atoms with E-state index in [9.17, 15) is 14.3 Å². The van der Waals surface area contributed by atoms with Crippen molar-refractivity contribution in [1.29, 1.82) is 0 Å². The van der Waals surface area contributed by atoms with Crippen LogP contribution in [0.2, 0.25) is 0 Å². The minimum Gasteiger partial charge on any atom is -0.488 e. The topological polar surface area (TPSA) is 55.8 Å². The summed E-state index contributed by atoms with van der Waals surface area (Å²) in [6.07, 6.45) is 1.72. The number of rotatable bonds is 9. The van der Waals surface area contributed by atoms with E-state index in [1.165, 1.54) is 12.1 Å². The molecule has 0 aromatic heterocycles. The molecule has 1 aromatic rings. The van der Waals surface area contributed by atoms with Crippen molar-refractivity contribution < 1.29 is 23.8 Å². The second-order valence-corrected chi connectivity index (χ2v) is 4.20. The standard InChI is InChI=1S/C14H19FO4/c1-2-3-6-18-9-12(17)10-19-14-5-4-11(8-16)7-13(14)15/h4-5,7-8,12,17H,2-3,6,9-10H2,1H3. The normalized spacial score (nSPS) is 12.2. The molecule has 1 aromatic carbocycles. The molecule has 1 unspecified atom stereocenters. The van der Waals surface area contributed by atoms with E-state index < -0.39 is 11.9 Å². The minimum atomic E-state index is -0.804. The third kappa shape index (κ3) is 5.81. The first-order valence-corrected chi connectivity index (χ1v) is 6.30. The Labute approximate surface area is 112 Å². The Bertz CT molecular complexity index is 395. The Hall–Kier alpha value is -1.46. The smallest absolute Gasteiger partial charge is 0.165 e. The monoisotopic (exact) mass is 270 g/mol. The number of aliphatic hydroxyl groups excluding tert-OH is 1. The fraction of sp³-hybridized carbons (Fsp3) is 0.500. The lowest BCUT2D eigenvalue weighted by atomic mass is 10.2. The first kappa shape index (κ1) is 15.6. The van der Waals surface area contributed by atoms with Gasteiger partial charge in [-0.2, -0.15) is 0 Å². The molecule has 0 amide bonds. The van der Waals surface area contributed by atoms with Crippen LogP contribution in [-0.2, 0) is 4.74 Å². The molecule has 0 radical (unpaired) electrons. The molecule has 4 nitrogen and oxygen atoms in total. The molecule has 0 fully saturated rings. The SMILES string of the molecule is CCCCOCC(O)COc1ccc(C=O)cc1F. The van der Waals surface area contributed by atoms with Crippen molar-refractivity contribution in [2.45, 2.75) is 25.9 Å². The van der Waals surface area contributed by atoms with Crippen LogP contribution in [0.4, 0.5) is 4.39 Å². The summed E-state index contributed by atoms with van der Waals surface area (Å²) >= 11 is 0. The van der Waals surface area contributed by atoms with Crippen molar-refractivity contribution in [3.05, 3.63) is 29.6 Å². The number of aliphatic hydroxyl groups is 1. The Morgan fingerprint density at radius 2 is 2.21 bits per heavy atom. The summed E-state index contributed by atoms with van der Waals surface area (Å²) in [5.41, 5.74) is 0.244. The maximum atomic E-state index is 13.4. The van der Waals surface area contributed by atoms with Gasteiger partial charge in [0.25, 0.3) is 0 Å². The number of hydrogen-bond acceptors (Lipinski definition) is 4. The van der Waals surface area contributed by atoms with Crippen molar-refractivity contribution in [2.75, 3.05) is 19.8 Å². The van der Waals surface area contributed by atoms with E-state index in [0.717, 1.165) is 18.9 Å². The van der Waals surface area contributed by atoms with Gasteiger partial charge < -0.3 is 14.6 Å². The van der Waals surface area contributed by atoms with Crippen LogP contribution in [0.15, 0.2) is 18.2 Å². The lowest BCUT2D eigenvalue weighted by Crippen LogP contribution is -2.24. The highest BCUT2D eigenvalue weighted by Crippen LogP contribution is 2.17. The van der Waals surface area contributed by atoms with Gasteiger partial charge in [-0.15, -0.1) is 0 Å². The zero-order valence-electron chi connectivity index (χ0n) is 11.0. The highest BCUT2D eigenvalue weighted by molar-refractivity contribution is 5.74. The van der Waals surface area contributed by atoms with Crippen LogP contribution in [0.3, 0.4) is 0 Å². The molecule has 0 bridgehead atoms. The van der Waals surface area contributed by atoms with Crippen molar-refractivity contribution in [1.82, 2.24) is 0 Å². The van der Waals surface area contributed by atoms with Gasteiger partial charge in [0.05, 0.1) is 6.61 Å². The Kier molecular flexibility index (Phi) is 7.07. The van der Waals surface area contributed by atoms with E-state index in [-0.39, 0.29) is 24.5 Å². The molecule has 0 aliphatic carbocycles. The quantitative estimate of drug-likeness (QED) is 0.552. The van der Waals surface area contributed by atoms with E-state index in [2.05, 4.69) is 6.92 Å². The third-order valence-electron chi connectivity index (χ3n) is 2.48. The number of carbonyl (C=O) groups excluding carboxylic acids is 1. The molecule has 19 heavy (non-hydrogen) atoms. The van der Waals surface area contributed by atoms with Crippen molar-refractivity contribution in [3.63, 3.8) is 0 Å². The average molecular weight is 270 g/mol. The van der Waals surface area contributed by atoms with Gasteiger partial charge in [0.1, 0.15) is 19.0 Å². The van der Waals surface area contributed by atoms with Gasteiger partial charge in [-0.3, -0.25) is 4.79 Å². The molecule has 0 heterocycles. The molecule has 106 valence electrons. The molecule has 5 heteroatoms. The number of halogens is 1. The van der Waals surface area contributed by atoms with Gasteiger partial charge >= 0.3 is 0 Å². The summed E-state index contributed by atoms with van der Waals surface area (Å²) in [6, 6.07) is 3.91. The van der Waals surface area contributed by atoms with E-state index in [1.807, 2.05) is 0 Å². The average Bonchev–Trinajstić information content (AvgIpc) is 2.42. The molecule has 0 saturated carbocycles. The second kappa shape index (κ2) is 8.61. The Morgan fingerprint density at radius 3 is 2.84 bits per heavy atom. The van der Waals surface area contributed by atoms with Gasteiger partial charge in [-0.25, -0.2) is 4.39 Å². The van der Waals surface area contributed by atoms with Crippen LogP contribution in [0.1, 0.15) is 30.1 Å². The molecule has 0 saturated heterocycles. The van der Waals surface area contributed by atoms with Gasteiger partial charge in [0.15, 0.2) is 11.6 Å². The molecule has 1 rings (SSSR count). The summed E-state index contributed by atoms with van der Waals surface area (Å²) in [5.74, 6) is -0.609. The number of aldehydes is 1. The highest BCUT2D eigenvalue weighted by Gasteiger charge is 2.09. The number of ether oxygens (including phenoxy) is 2. The molecule has 1 N–H and O–H groups in total. The Balaban J connectivity index is 2.33. The minimum absolute atomic E-state index is 0.0122. The molecule has 0 spiro atoms. The molecule has 0 aliphatic rings. The summed E-state index contributed by atoms with van der Waals surface area (Å²) in [5, 5.41) is 9.57. The van der Waals surface area contributed by atoms with Crippen molar-refractivity contribution in [3.8, 4) is 5.75 Å². The molecular formula is C14H19FO4. The van der Waals surface area contributed by atoms with Crippen LogP contribution < -0.4 is 4.74 Å². The lowest BCUT2D eigenvalue weighted by molar-refractivity contribution is 0.0106. The summed E-state index contributed by atoms with van der Waals surface area (Å²) < 4.78 is 23.8. The van der Waals surface area contributed by atoms with Crippen molar-refractivity contribution in [2.24, 2.45) is 0 Å². The summed E-state index contributed by atoms with van der Waals surface area (Å²) in [6.45, 7) is 2.75. The highest BCUT2D eigenvalue weighted by atomic mass is 19.1. The van der Waals surface area contributed by atoms with E-state index in [0.29, 0.717) is 12.9 Å². The van der Waals surface area contributed by atoms with Crippen LogP contribution in [0.25, 0.3) is 0 Å². The maximum absolute atomic E-state index is 13.4. The molecule has 0 aliphatic heterocycles. The zero-order chi connectivity index (χ0) is 14.1. The van der Waals surface area contributed by atoms with Crippen LogP contribution in [-0.4, -0.2) is 37.3 Å². The summed E-state index contributed by atoms with van der Waals surface area (Å²) in [4.78, 5) is 10.4. The predicted molar refractivity (Wildman–Crippen MR) is 69.0 cm³/mol. The maximum Gasteiger partial charge on any atom is 0.165 e. The molecule has 1 atom stereocenters.